The standard InChI is InChI=1S/C14H11NO3.C2H6/c1-8-3-4-10-6-11(13-15-9(2)7-17-13)14(16)18-12(10)5-8;1-2/h3-7H,1-2H3;1-2H3. The Hall–Kier alpha value is -2.36. The highest BCUT2D eigenvalue weighted by Gasteiger charge is 2.12. The van der Waals surface area contributed by atoms with Crippen molar-refractivity contribution in [1.82, 2.24) is 4.98 Å². The van der Waals surface area contributed by atoms with Crippen molar-refractivity contribution in [3.63, 3.8) is 0 Å². The molecule has 0 N–H and O–H groups in total. The molecule has 4 heteroatoms. The molecule has 0 bridgehead atoms. The summed E-state index contributed by atoms with van der Waals surface area (Å²) in [5.74, 6) is 0.295. The molecule has 0 radical (unpaired) electrons. The quantitative estimate of drug-likeness (QED) is 0.625. The van der Waals surface area contributed by atoms with Crippen LogP contribution in [0.3, 0.4) is 0 Å². The van der Waals surface area contributed by atoms with Gasteiger partial charge in [0.25, 0.3) is 0 Å². The van der Waals surface area contributed by atoms with Crippen LogP contribution in [0, 0.1) is 13.8 Å². The normalized spacial score (nSPS) is 10.2. The number of benzene rings is 1. The van der Waals surface area contributed by atoms with Crippen molar-refractivity contribution in [2.75, 3.05) is 0 Å². The van der Waals surface area contributed by atoms with Crippen molar-refractivity contribution in [1.29, 1.82) is 0 Å². The monoisotopic (exact) mass is 271 g/mol. The average Bonchev–Trinajstić information content (AvgIpc) is 2.86. The number of aryl methyl sites for hydroxylation is 2. The summed E-state index contributed by atoms with van der Waals surface area (Å²) in [4.78, 5) is 16.0. The Balaban J connectivity index is 0.000000704. The Labute approximate surface area is 117 Å². The molecule has 20 heavy (non-hydrogen) atoms. The number of oxazole rings is 1. The summed E-state index contributed by atoms with van der Waals surface area (Å²) < 4.78 is 10.5. The molecule has 0 aliphatic heterocycles. The molecule has 0 spiro atoms. The van der Waals surface area contributed by atoms with Crippen molar-refractivity contribution in [3.05, 3.63) is 52.2 Å². The smallest absolute Gasteiger partial charge is 0.349 e. The molecule has 0 saturated carbocycles. The van der Waals surface area contributed by atoms with Crippen molar-refractivity contribution in [3.8, 4) is 11.5 Å². The number of rotatable bonds is 1. The summed E-state index contributed by atoms with van der Waals surface area (Å²) in [6.07, 6.45) is 1.51. The Morgan fingerprint density at radius 3 is 2.50 bits per heavy atom. The molecule has 3 aromatic rings. The second-order valence-corrected chi connectivity index (χ2v) is 4.28. The topological polar surface area (TPSA) is 56.2 Å². The highest BCUT2D eigenvalue weighted by molar-refractivity contribution is 5.80. The molecular weight excluding hydrogens is 254 g/mol. The fourth-order valence-electron chi connectivity index (χ4n) is 1.85. The van der Waals surface area contributed by atoms with Crippen molar-refractivity contribution >= 4 is 11.0 Å². The minimum Gasteiger partial charge on any atom is -0.444 e. The first kappa shape index (κ1) is 14.1. The van der Waals surface area contributed by atoms with Crippen LogP contribution in [0.2, 0.25) is 0 Å². The molecule has 0 unspecified atom stereocenters. The third-order valence-corrected chi connectivity index (χ3v) is 2.74. The molecule has 0 atom stereocenters. The Morgan fingerprint density at radius 1 is 1.10 bits per heavy atom. The van der Waals surface area contributed by atoms with E-state index in [4.69, 9.17) is 8.83 Å². The summed E-state index contributed by atoms with van der Waals surface area (Å²) in [5, 5.41) is 0.853. The van der Waals surface area contributed by atoms with Crippen molar-refractivity contribution in [2.45, 2.75) is 27.7 Å². The molecule has 2 heterocycles. The number of hydrogen-bond acceptors (Lipinski definition) is 4. The van der Waals surface area contributed by atoms with Gasteiger partial charge in [-0.3, -0.25) is 0 Å². The molecule has 2 aromatic heterocycles. The number of nitrogens with zero attached hydrogens (tertiary/aromatic N) is 1. The van der Waals surface area contributed by atoms with E-state index >= 15 is 0 Å². The molecule has 1 aromatic carbocycles. The van der Waals surface area contributed by atoms with Crippen LogP contribution in [0.4, 0.5) is 0 Å². The highest BCUT2D eigenvalue weighted by atomic mass is 16.4. The number of aromatic nitrogens is 1. The van der Waals surface area contributed by atoms with Gasteiger partial charge in [-0.15, -0.1) is 0 Å². The number of hydrogen-bond donors (Lipinski definition) is 0. The van der Waals surface area contributed by atoms with E-state index in [0.717, 1.165) is 16.6 Å². The van der Waals surface area contributed by atoms with Gasteiger partial charge in [-0.05, 0) is 31.5 Å². The van der Waals surface area contributed by atoms with Gasteiger partial charge >= 0.3 is 5.63 Å². The predicted octanol–water partition coefficient (Wildman–Crippen LogP) is 4.09. The van der Waals surface area contributed by atoms with E-state index in [9.17, 15) is 4.79 Å². The first-order valence-corrected chi connectivity index (χ1v) is 6.60. The van der Waals surface area contributed by atoms with Crippen LogP contribution >= 0.6 is 0 Å². The molecular formula is C16H17NO3. The van der Waals surface area contributed by atoms with E-state index in [1.54, 1.807) is 13.0 Å². The van der Waals surface area contributed by atoms with Gasteiger partial charge in [0, 0.05) is 5.39 Å². The van der Waals surface area contributed by atoms with Crippen molar-refractivity contribution in [2.24, 2.45) is 0 Å². The summed E-state index contributed by atoms with van der Waals surface area (Å²) in [7, 11) is 0. The van der Waals surface area contributed by atoms with Crippen LogP contribution in [-0.2, 0) is 0 Å². The molecule has 104 valence electrons. The Morgan fingerprint density at radius 2 is 1.85 bits per heavy atom. The lowest BCUT2D eigenvalue weighted by atomic mass is 10.1. The summed E-state index contributed by atoms with van der Waals surface area (Å²) in [6, 6.07) is 7.45. The zero-order valence-electron chi connectivity index (χ0n) is 12.1. The van der Waals surface area contributed by atoms with Gasteiger partial charge in [0.05, 0.1) is 5.69 Å². The SMILES string of the molecule is CC.Cc1ccc2cc(-c3nc(C)co3)c(=O)oc2c1. The van der Waals surface area contributed by atoms with E-state index in [-0.39, 0.29) is 0 Å². The van der Waals surface area contributed by atoms with Crippen LogP contribution in [0.1, 0.15) is 25.1 Å². The Kier molecular flexibility index (Phi) is 4.03. The molecule has 3 rings (SSSR count). The van der Waals surface area contributed by atoms with Gasteiger partial charge < -0.3 is 8.83 Å². The minimum atomic E-state index is -0.435. The van der Waals surface area contributed by atoms with Crippen LogP contribution in [0.15, 0.2) is 44.2 Å². The van der Waals surface area contributed by atoms with Crippen LogP contribution < -0.4 is 5.63 Å². The molecule has 0 amide bonds. The first-order valence-electron chi connectivity index (χ1n) is 6.60. The van der Waals surface area contributed by atoms with E-state index < -0.39 is 5.63 Å². The van der Waals surface area contributed by atoms with Gasteiger partial charge in [0.1, 0.15) is 17.4 Å². The van der Waals surface area contributed by atoms with Gasteiger partial charge in [-0.1, -0.05) is 26.0 Å². The van der Waals surface area contributed by atoms with Crippen molar-refractivity contribution < 1.29 is 8.83 Å². The van der Waals surface area contributed by atoms with Crippen LogP contribution in [0.5, 0.6) is 0 Å². The maximum absolute atomic E-state index is 11.9. The van der Waals surface area contributed by atoms with Crippen LogP contribution in [-0.4, -0.2) is 4.98 Å². The fourth-order valence-corrected chi connectivity index (χ4v) is 1.85. The van der Waals surface area contributed by atoms with E-state index in [0.29, 0.717) is 17.0 Å². The lowest BCUT2D eigenvalue weighted by Gasteiger charge is -2.00. The lowest BCUT2D eigenvalue weighted by molar-refractivity contribution is 0.543. The van der Waals surface area contributed by atoms with Gasteiger partial charge in [0.2, 0.25) is 5.89 Å². The zero-order valence-corrected chi connectivity index (χ0v) is 12.1. The van der Waals surface area contributed by atoms with E-state index in [1.165, 1.54) is 6.26 Å². The molecule has 0 fully saturated rings. The Bertz CT molecular complexity index is 784. The second-order valence-electron chi connectivity index (χ2n) is 4.28. The molecule has 4 nitrogen and oxygen atoms in total. The van der Waals surface area contributed by atoms with E-state index in [1.807, 2.05) is 39.0 Å². The largest absolute Gasteiger partial charge is 0.444 e. The summed E-state index contributed by atoms with van der Waals surface area (Å²) in [6.45, 7) is 7.75. The maximum Gasteiger partial charge on any atom is 0.349 e. The molecule has 0 saturated heterocycles. The first-order chi connectivity index (χ1) is 9.63. The molecule has 0 aliphatic carbocycles. The summed E-state index contributed by atoms with van der Waals surface area (Å²) >= 11 is 0. The molecule has 0 aliphatic rings. The maximum atomic E-state index is 11.9. The van der Waals surface area contributed by atoms with E-state index in [2.05, 4.69) is 4.98 Å². The third kappa shape index (κ3) is 2.64. The number of fused-ring (bicyclic) bond motifs is 1. The van der Waals surface area contributed by atoms with Gasteiger partial charge in [0.15, 0.2) is 0 Å². The minimum absolute atomic E-state index is 0.295. The zero-order chi connectivity index (χ0) is 14.7. The predicted molar refractivity (Wildman–Crippen MR) is 78.8 cm³/mol. The second kappa shape index (κ2) is 5.74. The highest BCUT2D eigenvalue weighted by Crippen LogP contribution is 2.21. The average molecular weight is 271 g/mol. The summed E-state index contributed by atoms with van der Waals surface area (Å²) in [5.41, 5.74) is 2.26. The lowest BCUT2D eigenvalue weighted by Crippen LogP contribution is -2.02. The van der Waals surface area contributed by atoms with Crippen LogP contribution in [0.25, 0.3) is 22.4 Å². The van der Waals surface area contributed by atoms with Gasteiger partial charge in [-0.2, -0.15) is 0 Å². The fraction of sp³-hybridized carbons (Fsp3) is 0.250. The third-order valence-electron chi connectivity index (χ3n) is 2.74. The van der Waals surface area contributed by atoms with Gasteiger partial charge in [-0.25, -0.2) is 9.78 Å².